The van der Waals surface area contributed by atoms with Crippen LogP contribution >= 0.6 is 46.0 Å². The third kappa shape index (κ3) is 8.55. The first-order valence-corrected chi connectivity index (χ1v) is 16.2. The summed E-state index contributed by atoms with van der Waals surface area (Å²) in [4.78, 5) is 35.4. The van der Waals surface area contributed by atoms with E-state index in [0.717, 1.165) is 22.3 Å². The summed E-state index contributed by atoms with van der Waals surface area (Å²) in [6.45, 7) is 2.29. The van der Waals surface area contributed by atoms with Crippen LogP contribution in [0.5, 0.6) is 5.75 Å². The number of nitrogens with one attached hydrogen (secondary N) is 1. The summed E-state index contributed by atoms with van der Waals surface area (Å²) in [6.07, 6.45) is -1.99. The van der Waals surface area contributed by atoms with Crippen LogP contribution in [0, 0.1) is 6.92 Å². The van der Waals surface area contributed by atoms with Crippen molar-refractivity contribution in [3.05, 3.63) is 89.7 Å². The fourth-order valence-electron chi connectivity index (χ4n) is 4.51. The molecule has 0 spiro atoms. The quantitative estimate of drug-likeness (QED) is 0.107. The summed E-state index contributed by atoms with van der Waals surface area (Å²) in [5.74, 6) is 0.139. The van der Waals surface area contributed by atoms with Gasteiger partial charge in [-0.1, -0.05) is 64.7 Å². The van der Waals surface area contributed by atoms with Crippen LogP contribution in [0.1, 0.15) is 26.5 Å². The zero-order valence-electron chi connectivity index (χ0n) is 23.6. The van der Waals surface area contributed by atoms with Crippen LogP contribution in [-0.2, 0) is 11.2 Å². The van der Waals surface area contributed by atoms with Crippen LogP contribution in [0.4, 0.5) is 23.7 Å². The monoisotopic (exact) mass is 768 g/mol. The number of amidine groups is 1. The number of rotatable bonds is 9. The van der Waals surface area contributed by atoms with Crippen molar-refractivity contribution in [2.24, 2.45) is 4.99 Å². The lowest BCUT2D eigenvalue weighted by atomic mass is 10.1. The van der Waals surface area contributed by atoms with Gasteiger partial charge in [0.2, 0.25) is 5.91 Å². The van der Waals surface area contributed by atoms with Crippen molar-refractivity contribution in [1.29, 1.82) is 0 Å². The maximum absolute atomic E-state index is 12.7. The Labute approximate surface area is 279 Å². The number of amides is 3. The summed E-state index contributed by atoms with van der Waals surface area (Å²) in [5.41, 5.74) is 4.64. The van der Waals surface area contributed by atoms with Crippen LogP contribution in [-0.4, -0.2) is 50.5 Å². The van der Waals surface area contributed by atoms with Crippen molar-refractivity contribution in [2.45, 2.75) is 29.5 Å². The number of aliphatic imine (C=N–C) groups is 1. The summed E-state index contributed by atoms with van der Waals surface area (Å²) in [6, 6.07) is 18.1. The van der Waals surface area contributed by atoms with E-state index in [1.54, 1.807) is 0 Å². The normalized spacial score (nSPS) is 15.0. The molecule has 1 atom stereocenters. The zero-order chi connectivity index (χ0) is 32.1. The largest absolute Gasteiger partial charge is 0.573 e. The van der Waals surface area contributed by atoms with Gasteiger partial charge < -0.3 is 10.1 Å². The molecule has 15 heteroatoms. The van der Waals surface area contributed by atoms with Gasteiger partial charge in [-0.2, -0.15) is 4.99 Å². The van der Waals surface area contributed by atoms with E-state index < -0.39 is 12.4 Å². The Kier molecular flexibility index (Phi) is 10.3. The first-order valence-electron chi connectivity index (χ1n) is 13.5. The summed E-state index contributed by atoms with van der Waals surface area (Å²) in [5, 5.41) is 7.55. The molecule has 234 valence electrons. The van der Waals surface area contributed by atoms with E-state index in [0.29, 0.717) is 41.8 Å². The number of thioether (sulfide) groups is 1. The highest BCUT2D eigenvalue weighted by Crippen LogP contribution is 2.38. The van der Waals surface area contributed by atoms with Crippen LogP contribution < -0.4 is 15.0 Å². The number of halogens is 5. The van der Waals surface area contributed by atoms with Crippen molar-refractivity contribution >= 4 is 68.7 Å². The molecule has 1 aliphatic heterocycles. The number of hydrogen-bond donors (Lipinski definition) is 1. The molecule has 1 aromatic heterocycles. The second-order valence-electron chi connectivity index (χ2n) is 9.87. The molecule has 3 amide bonds. The maximum atomic E-state index is 12.7. The molecular weight excluding hydrogens is 744 g/mol. The van der Waals surface area contributed by atoms with Crippen LogP contribution in [0.2, 0.25) is 0 Å². The first-order chi connectivity index (χ1) is 21.5. The molecule has 9 nitrogen and oxygen atoms in total. The average Bonchev–Trinajstić information content (AvgIpc) is 3.62. The van der Waals surface area contributed by atoms with Gasteiger partial charge in [0, 0.05) is 17.7 Å². The molecule has 0 saturated carbocycles. The minimum atomic E-state index is -4.76. The molecular formula is C30H25ClF3IN6O3S. The number of alkyl halides is 5. The highest BCUT2D eigenvalue weighted by Gasteiger charge is 2.33. The Hall–Kier alpha value is -3.63. The SMILES string of the molecule is Cc1ccc(C(Cl)I)c(N2C(=O)CS/C2=N\C(=O)NCCCc2cccc(-c3ncn(-c4ccc(OC(F)(F)F)cc4)n3)c2)c1. The van der Waals surface area contributed by atoms with Gasteiger partial charge in [-0.05, 0) is 67.3 Å². The third-order valence-electron chi connectivity index (χ3n) is 6.55. The number of aromatic nitrogens is 3. The van der Waals surface area contributed by atoms with Crippen LogP contribution in [0.15, 0.2) is 78.0 Å². The number of aryl methyl sites for hydroxylation is 2. The van der Waals surface area contributed by atoms with E-state index in [9.17, 15) is 22.8 Å². The highest BCUT2D eigenvalue weighted by atomic mass is 127. The third-order valence-corrected chi connectivity index (χ3v) is 8.38. The Balaban J connectivity index is 1.17. The Morgan fingerprint density at radius 1 is 1.18 bits per heavy atom. The van der Waals surface area contributed by atoms with Crippen LogP contribution in [0.25, 0.3) is 17.1 Å². The highest BCUT2D eigenvalue weighted by molar-refractivity contribution is 14.1. The number of nitrogens with zero attached hydrogens (tertiary/aromatic N) is 5. The van der Waals surface area contributed by atoms with Gasteiger partial charge in [0.25, 0.3) is 0 Å². The maximum Gasteiger partial charge on any atom is 0.573 e. The number of carbonyl (C=O) groups is 2. The predicted molar refractivity (Wildman–Crippen MR) is 176 cm³/mol. The lowest BCUT2D eigenvalue weighted by Gasteiger charge is -2.21. The number of ether oxygens (including phenoxy) is 1. The standard InChI is InChI=1S/C30H25ClF3IN6O3S/c1-18-7-12-23(26(31)35)24(14-18)41-25(42)16-45-29(41)38-28(43)36-13-3-5-19-4-2-6-20(15-19)27-37-17-40(39-27)21-8-10-22(11-9-21)44-30(32,33)34/h2,4,6-12,14-15,17,26H,3,5,13,16H2,1H3,(H,36,43)/b38-29-. The van der Waals surface area contributed by atoms with Gasteiger partial charge in [-0.3, -0.25) is 9.69 Å². The first kappa shape index (κ1) is 32.8. The van der Waals surface area contributed by atoms with Crippen molar-refractivity contribution in [3.8, 4) is 22.8 Å². The molecule has 1 saturated heterocycles. The van der Waals surface area contributed by atoms with Gasteiger partial charge >= 0.3 is 12.4 Å². The van der Waals surface area contributed by atoms with E-state index >= 15 is 0 Å². The van der Waals surface area contributed by atoms with E-state index in [4.69, 9.17) is 11.6 Å². The second-order valence-corrected chi connectivity index (χ2v) is 13.2. The van der Waals surface area contributed by atoms with Gasteiger partial charge in [0.1, 0.15) is 15.5 Å². The van der Waals surface area contributed by atoms with Crippen molar-refractivity contribution in [3.63, 3.8) is 0 Å². The zero-order valence-corrected chi connectivity index (χ0v) is 27.3. The van der Waals surface area contributed by atoms with Gasteiger partial charge in [-0.15, -0.1) is 29.9 Å². The van der Waals surface area contributed by atoms with Crippen molar-refractivity contribution < 1.29 is 27.5 Å². The topological polar surface area (TPSA) is 102 Å². The Bertz CT molecular complexity index is 1730. The minimum absolute atomic E-state index is 0.167. The Morgan fingerprint density at radius 2 is 1.96 bits per heavy atom. The molecule has 0 radical (unpaired) electrons. The molecule has 1 unspecified atom stereocenters. The molecule has 5 rings (SSSR count). The summed E-state index contributed by atoms with van der Waals surface area (Å²) in [7, 11) is 0. The van der Waals surface area contributed by atoms with Gasteiger partial charge in [-0.25, -0.2) is 14.5 Å². The van der Waals surface area contributed by atoms with Gasteiger partial charge in [0.15, 0.2) is 11.0 Å². The van der Waals surface area contributed by atoms with Crippen molar-refractivity contribution in [2.75, 3.05) is 17.2 Å². The number of carbonyl (C=O) groups excluding carboxylic acids is 2. The Morgan fingerprint density at radius 3 is 2.69 bits per heavy atom. The van der Waals surface area contributed by atoms with E-state index in [2.05, 4.69) is 47.7 Å². The summed E-state index contributed by atoms with van der Waals surface area (Å²) >= 11 is 9.63. The lowest BCUT2D eigenvalue weighted by molar-refractivity contribution is -0.274. The molecule has 1 N–H and O–H groups in total. The number of hydrogen-bond acceptors (Lipinski definition) is 6. The molecule has 3 aromatic carbocycles. The fourth-order valence-corrected chi connectivity index (χ4v) is 6.08. The van der Waals surface area contributed by atoms with E-state index in [1.165, 1.54) is 51.9 Å². The molecule has 2 heterocycles. The van der Waals surface area contributed by atoms with E-state index in [-0.39, 0.29) is 20.8 Å². The predicted octanol–water partition coefficient (Wildman–Crippen LogP) is 7.59. The average molecular weight is 769 g/mol. The smallest absolute Gasteiger partial charge is 0.406 e. The summed E-state index contributed by atoms with van der Waals surface area (Å²) < 4.78 is 42.3. The van der Waals surface area contributed by atoms with E-state index in [1.807, 2.05) is 49.4 Å². The fraction of sp³-hybridized carbons (Fsp3) is 0.233. The molecule has 4 aromatic rings. The molecule has 0 bridgehead atoms. The number of anilines is 1. The molecule has 45 heavy (non-hydrogen) atoms. The number of urea groups is 1. The second kappa shape index (κ2) is 14.2. The molecule has 1 fully saturated rings. The number of benzene rings is 3. The van der Waals surface area contributed by atoms with Crippen LogP contribution in [0.3, 0.4) is 0 Å². The van der Waals surface area contributed by atoms with Gasteiger partial charge in [0.05, 0.1) is 17.1 Å². The minimum Gasteiger partial charge on any atom is -0.406 e. The molecule has 1 aliphatic rings. The molecule has 0 aliphatic carbocycles. The van der Waals surface area contributed by atoms with Crippen molar-refractivity contribution in [1.82, 2.24) is 20.1 Å². The lowest BCUT2D eigenvalue weighted by Crippen LogP contribution is -2.32.